The zero-order chi connectivity index (χ0) is 13.8. The first-order valence-corrected chi connectivity index (χ1v) is 6.89. The molecule has 0 aliphatic heterocycles. The highest BCUT2D eigenvalue weighted by Crippen LogP contribution is 2.35. The topological polar surface area (TPSA) is 64.3 Å². The number of carbonyl (C=O) groups is 1. The van der Waals surface area contributed by atoms with E-state index in [1.807, 2.05) is 12.1 Å². The number of carbonyl (C=O) groups excluding carboxylic acids is 1. The van der Waals surface area contributed by atoms with Gasteiger partial charge in [-0.2, -0.15) is 0 Å². The summed E-state index contributed by atoms with van der Waals surface area (Å²) in [6, 6.07) is 5.85. The van der Waals surface area contributed by atoms with Gasteiger partial charge in [0.05, 0.1) is 24.0 Å². The van der Waals surface area contributed by atoms with Crippen LogP contribution >= 0.6 is 0 Å². The van der Waals surface area contributed by atoms with Crippen LogP contribution in [-0.2, 0) is 4.74 Å². The van der Waals surface area contributed by atoms with Gasteiger partial charge in [0, 0.05) is 6.04 Å². The summed E-state index contributed by atoms with van der Waals surface area (Å²) >= 11 is 0. The van der Waals surface area contributed by atoms with E-state index in [0.717, 1.165) is 18.0 Å². The average Bonchev–Trinajstić information content (AvgIpc) is 3.23. The Morgan fingerprint density at radius 2 is 2.26 bits per heavy atom. The van der Waals surface area contributed by atoms with Crippen molar-refractivity contribution in [3.63, 3.8) is 0 Å². The van der Waals surface area contributed by atoms with Gasteiger partial charge in [-0.3, -0.25) is 0 Å². The Kier molecular flexibility index (Phi) is 4.30. The summed E-state index contributed by atoms with van der Waals surface area (Å²) in [5.41, 5.74) is 7.78. The number of nitrogens with two attached hydrogens (primary N) is 1. The SMILES string of the molecule is CCC(CC1CC1)Nc1cccc(C(=O)OC)c1N. The van der Waals surface area contributed by atoms with Crippen LogP contribution in [0.4, 0.5) is 11.4 Å². The summed E-state index contributed by atoms with van der Waals surface area (Å²) in [6.45, 7) is 2.17. The normalized spacial score (nSPS) is 15.9. The second kappa shape index (κ2) is 5.95. The Labute approximate surface area is 114 Å². The van der Waals surface area contributed by atoms with Crippen LogP contribution in [0.2, 0.25) is 0 Å². The fourth-order valence-corrected chi connectivity index (χ4v) is 2.28. The van der Waals surface area contributed by atoms with Crippen LogP contribution in [-0.4, -0.2) is 19.1 Å². The molecule has 104 valence electrons. The monoisotopic (exact) mass is 262 g/mol. The number of methoxy groups -OCH3 is 1. The third kappa shape index (κ3) is 3.40. The zero-order valence-electron chi connectivity index (χ0n) is 11.6. The van der Waals surface area contributed by atoms with Crippen molar-refractivity contribution in [1.82, 2.24) is 0 Å². The van der Waals surface area contributed by atoms with E-state index in [2.05, 4.69) is 12.2 Å². The maximum absolute atomic E-state index is 11.6. The van der Waals surface area contributed by atoms with Gasteiger partial charge in [-0.05, 0) is 30.9 Å². The molecular formula is C15H22N2O2. The standard InChI is InChI=1S/C15H22N2O2/c1-3-11(9-10-7-8-10)17-13-6-4-5-12(14(13)16)15(18)19-2/h4-6,10-11,17H,3,7-9,16H2,1-2H3. The molecule has 1 aliphatic carbocycles. The maximum Gasteiger partial charge on any atom is 0.340 e. The third-order valence-corrected chi connectivity index (χ3v) is 3.68. The predicted molar refractivity (Wildman–Crippen MR) is 77.2 cm³/mol. The van der Waals surface area contributed by atoms with E-state index in [4.69, 9.17) is 10.5 Å². The minimum absolute atomic E-state index is 0.392. The Morgan fingerprint density at radius 1 is 1.53 bits per heavy atom. The van der Waals surface area contributed by atoms with Gasteiger partial charge in [-0.1, -0.05) is 25.8 Å². The van der Waals surface area contributed by atoms with Crippen molar-refractivity contribution >= 4 is 17.3 Å². The molecule has 4 heteroatoms. The van der Waals surface area contributed by atoms with Crippen LogP contribution in [0.1, 0.15) is 43.0 Å². The van der Waals surface area contributed by atoms with E-state index < -0.39 is 5.97 Å². The molecule has 1 saturated carbocycles. The van der Waals surface area contributed by atoms with Crippen molar-refractivity contribution < 1.29 is 9.53 Å². The number of hydrogen-bond donors (Lipinski definition) is 2. The molecule has 2 rings (SSSR count). The number of nitrogen functional groups attached to an aromatic ring is 1. The van der Waals surface area contributed by atoms with Crippen molar-refractivity contribution in [2.75, 3.05) is 18.2 Å². The van der Waals surface area contributed by atoms with Crippen LogP contribution in [0.15, 0.2) is 18.2 Å². The van der Waals surface area contributed by atoms with Gasteiger partial charge >= 0.3 is 5.97 Å². The van der Waals surface area contributed by atoms with E-state index >= 15 is 0 Å². The molecule has 19 heavy (non-hydrogen) atoms. The number of para-hydroxylation sites is 1. The smallest absolute Gasteiger partial charge is 0.340 e. The molecule has 1 aromatic carbocycles. The molecule has 1 fully saturated rings. The number of anilines is 2. The van der Waals surface area contributed by atoms with Gasteiger partial charge < -0.3 is 15.8 Å². The molecule has 1 aliphatic rings. The van der Waals surface area contributed by atoms with Crippen molar-refractivity contribution in [3.8, 4) is 0 Å². The average molecular weight is 262 g/mol. The number of nitrogens with one attached hydrogen (secondary N) is 1. The lowest BCUT2D eigenvalue weighted by atomic mass is 10.1. The number of benzene rings is 1. The summed E-state index contributed by atoms with van der Waals surface area (Å²) in [5, 5.41) is 3.45. The Hall–Kier alpha value is -1.71. The lowest BCUT2D eigenvalue weighted by Crippen LogP contribution is -2.20. The van der Waals surface area contributed by atoms with Crippen molar-refractivity contribution in [2.24, 2.45) is 5.92 Å². The van der Waals surface area contributed by atoms with Gasteiger partial charge in [-0.25, -0.2) is 4.79 Å². The second-order valence-electron chi connectivity index (χ2n) is 5.19. The Morgan fingerprint density at radius 3 is 2.84 bits per heavy atom. The highest BCUT2D eigenvalue weighted by molar-refractivity contribution is 5.98. The van der Waals surface area contributed by atoms with E-state index in [9.17, 15) is 4.79 Å². The van der Waals surface area contributed by atoms with E-state index in [1.165, 1.54) is 26.4 Å². The number of rotatable bonds is 6. The molecule has 1 aromatic rings. The molecule has 0 saturated heterocycles. The fraction of sp³-hybridized carbons (Fsp3) is 0.533. The molecule has 0 bridgehead atoms. The fourth-order valence-electron chi connectivity index (χ4n) is 2.28. The lowest BCUT2D eigenvalue weighted by molar-refractivity contribution is 0.0602. The molecule has 0 heterocycles. The maximum atomic E-state index is 11.6. The molecule has 3 N–H and O–H groups in total. The summed E-state index contributed by atoms with van der Waals surface area (Å²) in [6.07, 6.45) is 4.92. The first kappa shape index (κ1) is 13.7. The highest BCUT2D eigenvalue weighted by atomic mass is 16.5. The summed E-state index contributed by atoms with van der Waals surface area (Å²) in [7, 11) is 1.36. The Bertz CT molecular complexity index is 455. The van der Waals surface area contributed by atoms with Crippen molar-refractivity contribution in [2.45, 2.75) is 38.6 Å². The van der Waals surface area contributed by atoms with E-state index in [1.54, 1.807) is 6.07 Å². The largest absolute Gasteiger partial charge is 0.465 e. The van der Waals surface area contributed by atoms with Crippen LogP contribution in [0.3, 0.4) is 0 Å². The second-order valence-corrected chi connectivity index (χ2v) is 5.19. The summed E-state index contributed by atoms with van der Waals surface area (Å²) in [4.78, 5) is 11.6. The first-order valence-electron chi connectivity index (χ1n) is 6.89. The van der Waals surface area contributed by atoms with Gasteiger partial charge in [0.1, 0.15) is 0 Å². The zero-order valence-corrected chi connectivity index (χ0v) is 11.6. The number of esters is 1. The first-order chi connectivity index (χ1) is 9.15. The molecule has 0 radical (unpaired) electrons. The van der Waals surface area contributed by atoms with Gasteiger partial charge in [-0.15, -0.1) is 0 Å². The molecule has 1 atom stereocenters. The number of ether oxygens (including phenoxy) is 1. The van der Waals surface area contributed by atoms with Gasteiger partial charge in [0.25, 0.3) is 0 Å². The summed E-state index contributed by atoms with van der Waals surface area (Å²) < 4.78 is 4.73. The molecule has 0 spiro atoms. The van der Waals surface area contributed by atoms with Crippen molar-refractivity contribution in [3.05, 3.63) is 23.8 Å². The van der Waals surface area contributed by atoms with Crippen molar-refractivity contribution in [1.29, 1.82) is 0 Å². The predicted octanol–water partition coefficient (Wildman–Crippen LogP) is 3.05. The molecule has 0 aromatic heterocycles. The van der Waals surface area contributed by atoms with Crippen LogP contribution < -0.4 is 11.1 Å². The molecular weight excluding hydrogens is 240 g/mol. The van der Waals surface area contributed by atoms with E-state index in [-0.39, 0.29) is 0 Å². The van der Waals surface area contributed by atoms with Gasteiger partial charge in [0.15, 0.2) is 0 Å². The quantitative estimate of drug-likeness (QED) is 0.611. The van der Waals surface area contributed by atoms with E-state index in [0.29, 0.717) is 17.3 Å². The number of hydrogen-bond acceptors (Lipinski definition) is 4. The third-order valence-electron chi connectivity index (χ3n) is 3.68. The van der Waals surface area contributed by atoms with Crippen LogP contribution in [0, 0.1) is 5.92 Å². The highest BCUT2D eigenvalue weighted by Gasteiger charge is 2.25. The molecule has 4 nitrogen and oxygen atoms in total. The van der Waals surface area contributed by atoms with Crippen LogP contribution in [0.5, 0.6) is 0 Å². The molecule has 1 unspecified atom stereocenters. The summed E-state index contributed by atoms with van der Waals surface area (Å²) in [5.74, 6) is 0.471. The lowest BCUT2D eigenvalue weighted by Gasteiger charge is -2.20. The Balaban J connectivity index is 2.12. The molecule has 0 amide bonds. The minimum atomic E-state index is -0.392. The van der Waals surface area contributed by atoms with Crippen LogP contribution in [0.25, 0.3) is 0 Å². The minimum Gasteiger partial charge on any atom is -0.465 e. The van der Waals surface area contributed by atoms with Gasteiger partial charge in [0.2, 0.25) is 0 Å².